The number of nitrogens with zero attached hydrogens (tertiary/aromatic N) is 3. The quantitative estimate of drug-likeness (QED) is 0.796. The molecule has 6 heteroatoms. The van der Waals surface area contributed by atoms with Gasteiger partial charge in [0.1, 0.15) is 5.69 Å². The molecule has 114 valence electrons. The summed E-state index contributed by atoms with van der Waals surface area (Å²) in [5.41, 5.74) is 3.07. The molecule has 0 atom stereocenters. The Morgan fingerprint density at radius 1 is 1.27 bits per heavy atom. The van der Waals surface area contributed by atoms with E-state index in [2.05, 4.69) is 15.4 Å². The van der Waals surface area contributed by atoms with Gasteiger partial charge in [-0.2, -0.15) is 5.10 Å². The summed E-state index contributed by atoms with van der Waals surface area (Å²) in [5.74, 6) is -0.152. The number of aromatic nitrogens is 3. The van der Waals surface area contributed by atoms with Crippen molar-refractivity contribution in [2.75, 3.05) is 5.32 Å². The maximum absolute atomic E-state index is 12.5. The number of anilines is 1. The molecule has 0 saturated heterocycles. The monoisotopic (exact) mass is 314 g/mol. The van der Waals surface area contributed by atoms with Crippen molar-refractivity contribution in [3.63, 3.8) is 0 Å². The summed E-state index contributed by atoms with van der Waals surface area (Å²) in [6.45, 7) is 7.88. The summed E-state index contributed by atoms with van der Waals surface area (Å²) in [7, 11) is 0. The number of carbonyl (C=O) groups is 1. The van der Waals surface area contributed by atoms with Gasteiger partial charge in [-0.1, -0.05) is 0 Å². The Bertz CT molecular complexity index is 847. The zero-order chi connectivity index (χ0) is 15.9. The van der Waals surface area contributed by atoms with Gasteiger partial charge in [-0.3, -0.25) is 9.48 Å². The Labute approximate surface area is 133 Å². The lowest BCUT2D eigenvalue weighted by Crippen LogP contribution is -2.18. The van der Waals surface area contributed by atoms with Crippen molar-refractivity contribution in [3.8, 4) is 0 Å². The highest BCUT2D eigenvalue weighted by Gasteiger charge is 2.16. The molecule has 1 aromatic carbocycles. The first-order chi connectivity index (χ1) is 10.4. The van der Waals surface area contributed by atoms with Crippen LogP contribution >= 0.6 is 11.3 Å². The molecule has 0 aliphatic heterocycles. The lowest BCUT2D eigenvalue weighted by Gasteiger charge is -2.11. The van der Waals surface area contributed by atoms with Crippen LogP contribution in [0.3, 0.4) is 0 Å². The maximum Gasteiger partial charge on any atom is 0.273 e. The van der Waals surface area contributed by atoms with E-state index >= 15 is 0 Å². The molecule has 5 nitrogen and oxygen atoms in total. The summed E-state index contributed by atoms with van der Waals surface area (Å²) in [5, 5.41) is 8.32. The molecule has 0 aliphatic carbocycles. The second-order valence-corrected chi connectivity index (χ2v) is 6.81. The molecule has 0 spiro atoms. The van der Waals surface area contributed by atoms with Crippen molar-refractivity contribution in [2.45, 2.75) is 33.7 Å². The molecule has 22 heavy (non-hydrogen) atoms. The fraction of sp³-hybridized carbons (Fsp3) is 0.312. The Kier molecular flexibility index (Phi) is 3.70. The molecule has 3 rings (SSSR count). The summed E-state index contributed by atoms with van der Waals surface area (Å²) < 4.78 is 2.87. The van der Waals surface area contributed by atoms with E-state index in [1.165, 1.54) is 0 Å². The van der Waals surface area contributed by atoms with E-state index in [1.54, 1.807) is 22.1 Å². The number of aryl methyl sites for hydroxylation is 2. The minimum Gasteiger partial charge on any atom is -0.321 e. The second-order valence-electron chi connectivity index (χ2n) is 5.58. The molecular formula is C16H18N4OS. The lowest BCUT2D eigenvalue weighted by atomic mass is 10.2. The van der Waals surface area contributed by atoms with Gasteiger partial charge in [0.25, 0.3) is 5.91 Å². The summed E-state index contributed by atoms with van der Waals surface area (Å²) in [6.07, 6.45) is 0. The molecule has 0 radical (unpaired) electrons. The normalized spacial score (nSPS) is 11.3. The fourth-order valence-corrected chi connectivity index (χ4v) is 3.20. The number of hydrogen-bond acceptors (Lipinski definition) is 4. The Balaban J connectivity index is 1.89. The molecule has 1 N–H and O–H groups in total. The van der Waals surface area contributed by atoms with Gasteiger partial charge in [0.2, 0.25) is 0 Å². The van der Waals surface area contributed by atoms with E-state index in [1.807, 2.05) is 45.9 Å². The highest BCUT2D eigenvalue weighted by molar-refractivity contribution is 7.18. The third kappa shape index (κ3) is 2.74. The van der Waals surface area contributed by atoms with Crippen LogP contribution in [-0.4, -0.2) is 20.7 Å². The highest BCUT2D eigenvalue weighted by atomic mass is 32.1. The van der Waals surface area contributed by atoms with Crippen LogP contribution in [0.15, 0.2) is 24.3 Å². The first kappa shape index (κ1) is 14.7. The van der Waals surface area contributed by atoms with Crippen LogP contribution in [0.5, 0.6) is 0 Å². The molecule has 3 aromatic rings. The smallest absolute Gasteiger partial charge is 0.273 e. The van der Waals surface area contributed by atoms with Crippen molar-refractivity contribution in [2.24, 2.45) is 0 Å². The number of nitrogens with one attached hydrogen (secondary N) is 1. The molecule has 2 heterocycles. The Hall–Kier alpha value is -2.21. The first-order valence-electron chi connectivity index (χ1n) is 7.19. The van der Waals surface area contributed by atoms with Crippen molar-refractivity contribution < 1.29 is 4.79 Å². The minimum absolute atomic E-state index is 0.137. The number of rotatable bonds is 3. The third-order valence-electron chi connectivity index (χ3n) is 3.33. The number of thiazole rings is 1. The number of benzene rings is 1. The topological polar surface area (TPSA) is 59.8 Å². The van der Waals surface area contributed by atoms with Gasteiger partial charge in [-0.25, -0.2) is 4.98 Å². The van der Waals surface area contributed by atoms with Crippen LogP contribution in [-0.2, 0) is 0 Å². The molecule has 0 fully saturated rings. The van der Waals surface area contributed by atoms with Gasteiger partial charge in [0, 0.05) is 11.7 Å². The van der Waals surface area contributed by atoms with Gasteiger partial charge in [0.15, 0.2) is 0 Å². The molecule has 0 bridgehead atoms. The summed E-state index contributed by atoms with van der Waals surface area (Å²) in [6, 6.07) is 7.74. The number of hydrogen-bond donors (Lipinski definition) is 1. The standard InChI is InChI=1S/C16H18N4OS/c1-9(2)20-14(7-10(3)19-20)16(21)18-12-5-6-15-13(8-12)17-11(4)22-15/h5-9H,1-4H3,(H,18,21). The van der Waals surface area contributed by atoms with Crippen LogP contribution in [0.1, 0.15) is 41.1 Å². The predicted molar refractivity (Wildman–Crippen MR) is 89.7 cm³/mol. The van der Waals surface area contributed by atoms with Crippen LogP contribution in [0.4, 0.5) is 5.69 Å². The lowest BCUT2D eigenvalue weighted by molar-refractivity contribution is 0.101. The Morgan fingerprint density at radius 3 is 2.77 bits per heavy atom. The van der Waals surface area contributed by atoms with E-state index in [-0.39, 0.29) is 11.9 Å². The third-order valence-corrected chi connectivity index (χ3v) is 4.28. The second kappa shape index (κ2) is 5.53. The Morgan fingerprint density at radius 2 is 2.05 bits per heavy atom. The zero-order valence-electron chi connectivity index (χ0n) is 13.0. The largest absolute Gasteiger partial charge is 0.321 e. The molecular weight excluding hydrogens is 296 g/mol. The SMILES string of the molecule is Cc1cc(C(=O)Nc2ccc3sc(C)nc3c2)n(C(C)C)n1. The summed E-state index contributed by atoms with van der Waals surface area (Å²) in [4.78, 5) is 17.0. The fourth-order valence-electron chi connectivity index (χ4n) is 2.40. The van der Waals surface area contributed by atoms with E-state index in [9.17, 15) is 4.79 Å². The van der Waals surface area contributed by atoms with Crippen molar-refractivity contribution in [1.29, 1.82) is 0 Å². The van der Waals surface area contributed by atoms with E-state index in [0.717, 1.165) is 26.6 Å². The zero-order valence-corrected chi connectivity index (χ0v) is 13.9. The first-order valence-corrected chi connectivity index (χ1v) is 8.00. The molecule has 0 unspecified atom stereocenters. The average Bonchev–Trinajstić information content (AvgIpc) is 3.00. The molecule has 1 amide bonds. The average molecular weight is 314 g/mol. The van der Waals surface area contributed by atoms with Gasteiger partial charge in [-0.15, -0.1) is 11.3 Å². The van der Waals surface area contributed by atoms with Crippen LogP contribution in [0, 0.1) is 13.8 Å². The van der Waals surface area contributed by atoms with Gasteiger partial charge < -0.3 is 5.32 Å². The van der Waals surface area contributed by atoms with Crippen LogP contribution < -0.4 is 5.32 Å². The molecule has 0 saturated carbocycles. The van der Waals surface area contributed by atoms with Crippen molar-refractivity contribution in [3.05, 3.63) is 40.7 Å². The molecule has 2 aromatic heterocycles. The number of fused-ring (bicyclic) bond motifs is 1. The van der Waals surface area contributed by atoms with Gasteiger partial charge in [-0.05, 0) is 52.0 Å². The van der Waals surface area contributed by atoms with Crippen LogP contribution in [0.25, 0.3) is 10.2 Å². The van der Waals surface area contributed by atoms with E-state index in [4.69, 9.17) is 0 Å². The van der Waals surface area contributed by atoms with Crippen LogP contribution in [0.2, 0.25) is 0 Å². The predicted octanol–water partition coefficient (Wildman–Crippen LogP) is 3.94. The molecule has 0 aliphatic rings. The highest BCUT2D eigenvalue weighted by Crippen LogP contribution is 2.25. The number of carbonyl (C=O) groups excluding carboxylic acids is 1. The summed E-state index contributed by atoms with van der Waals surface area (Å²) >= 11 is 1.65. The van der Waals surface area contributed by atoms with Crippen molar-refractivity contribution in [1.82, 2.24) is 14.8 Å². The van der Waals surface area contributed by atoms with E-state index in [0.29, 0.717) is 5.69 Å². The van der Waals surface area contributed by atoms with E-state index < -0.39 is 0 Å². The minimum atomic E-state index is -0.152. The van der Waals surface area contributed by atoms with Crippen molar-refractivity contribution >= 4 is 33.1 Å². The van der Waals surface area contributed by atoms with Gasteiger partial charge >= 0.3 is 0 Å². The number of amides is 1. The van der Waals surface area contributed by atoms with Gasteiger partial charge in [0.05, 0.1) is 20.9 Å². The maximum atomic E-state index is 12.5.